The van der Waals surface area contributed by atoms with Crippen LogP contribution in [-0.2, 0) is 11.3 Å². The van der Waals surface area contributed by atoms with Crippen LogP contribution >= 0.6 is 11.3 Å². The first-order valence-electron chi connectivity index (χ1n) is 9.44. The van der Waals surface area contributed by atoms with Gasteiger partial charge >= 0.3 is 0 Å². The summed E-state index contributed by atoms with van der Waals surface area (Å²) < 4.78 is 10.8. The zero-order valence-corrected chi connectivity index (χ0v) is 16.8. The molecule has 1 N–H and O–H groups in total. The van der Waals surface area contributed by atoms with Crippen molar-refractivity contribution in [2.75, 3.05) is 13.3 Å². The van der Waals surface area contributed by atoms with Gasteiger partial charge in [0.15, 0.2) is 11.5 Å². The fraction of sp³-hybridized carbons (Fsp3) is 0.450. The van der Waals surface area contributed by atoms with Crippen molar-refractivity contribution in [1.29, 1.82) is 0 Å². The number of rotatable bonds is 4. The third-order valence-corrected chi connectivity index (χ3v) is 6.09. The molecule has 1 fully saturated rings. The molecule has 0 bridgehead atoms. The van der Waals surface area contributed by atoms with Gasteiger partial charge < -0.3 is 19.7 Å². The standard InChI is InChI=1S/C20H23N3O4S/c1-12-18(28-13(2)22-12)20(25)23(15-5-3-4-8-21-19(15)24)10-14-6-7-16-17(9-14)27-11-26-16/h6-7,9,15H,3-5,8,10-11H2,1-2H3,(H,21,24). The Balaban J connectivity index is 1.67. The Morgan fingerprint density at radius 1 is 1.29 bits per heavy atom. The lowest BCUT2D eigenvalue weighted by atomic mass is 10.1. The van der Waals surface area contributed by atoms with Gasteiger partial charge in [-0.2, -0.15) is 0 Å². The zero-order valence-electron chi connectivity index (χ0n) is 16.0. The first-order valence-corrected chi connectivity index (χ1v) is 10.3. The number of ether oxygens (including phenoxy) is 2. The topological polar surface area (TPSA) is 80.8 Å². The molecule has 2 amide bonds. The van der Waals surface area contributed by atoms with Crippen molar-refractivity contribution in [3.63, 3.8) is 0 Å². The number of hydrogen-bond donors (Lipinski definition) is 1. The molecule has 1 aromatic carbocycles. The van der Waals surface area contributed by atoms with Gasteiger partial charge in [-0.15, -0.1) is 11.3 Å². The lowest BCUT2D eigenvalue weighted by Gasteiger charge is -2.30. The highest BCUT2D eigenvalue weighted by Gasteiger charge is 2.33. The quantitative estimate of drug-likeness (QED) is 0.852. The Morgan fingerprint density at radius 2 is 2.11 bits per heavy atom. The Bertz CT molecular complexity index is 911. The van der Waals surface area contributed by atoms with Gasteiger partial charge in [-0.05, 0) is 50.8 Å². The number of nitrogens with one attached hydrogen (secondary N) is 1. The molecule has 2 aliphatic heterocycles. The third-order valence-electron chi connectivity index (χ3n) is 5.03. The molecule has 8 heteroatoms. The van der Waals surface area contributed by atoms with E-state index in [-0.39, 0.29) is 18.6 Å². The van der Waals surface area contributed by atoms with Crippen LogP contribution in [0.5, 0.6) is 11.5 Å². The summed E-state index contributed by atoms with van der Waals surface area (Å²) in [4.78, 5) is 32.8. The lowest BCUT2D eigenvalue weighted by molar-refractivity contribution is -0.125. The van der Waals surface area contributed by atoms with Crippen molar-refractivity contribution >= 4 is 23.2 Å². The number of fused-ring (bicyclic) bond motifs is 1. The second kappa shape index (κ2) is 7.79. The van der Waals surface area contributed by atoms with Crippen molar-refractivity contribution < 1.29 is 19.1 Å². The summed E-state index contributed by atoms with van der Waals surface area (Å²) in [5.41, 5.74) is 1.60. The molecular formula is C20H23N3O4S. The summed E-state index contributed by atoms with van der Waals surface area (Å²) in [6.45, 7) is 4.90. The van der Waals surface area contributed by atoms with E-state index < -0.39 is 6.04 Å². The molecule has 4 rings (SSSR count). The minimum atomic E-state index is -0.498. The maximum absolute atomic E-state index is 13.4. The molecule has 3 heterocycles. The Labute approximate surface area is 167 Å². The first kappa shape index (κ1) is 18.7. The number of aromatic nitrogens is 1. The number of thiazole rings is 1. The van der Waals surface area contributed by atoms with Crippen LogP contribution in [0.1, 0.15) is 45.2 Å². The molecule has 0 spiro atoms. The zero-order chi connectivity index (χ0) is 19.7. The van der Waals surface area contributed by atoms with E-state index in [2.05, 4.69) is 10.3 Å². The summed E-state index contributed by atoms with van der Waals surface area (Å²) in [7, 11) is 0. The molecule has 7 nitrogen and oxygen atoms in total. The van der Waals surface area contributed by atoms with Gasteiger partial charge in [0.05, 0.1) is 10.7 Å². The van der Waals surface area contributed by atoms with E-state index in [0.717, 1.165) is 23.4 Å². The van der Waals surface area contributed by atoms with Crippen LogP contribution < -0.4 is 14.8 Å². The Hall–Kier alpha value is -2.61. The normalized spacial score (nSPS) is 18.5. The van der Waals surface area contributed by atoms with E-state index in [1.165, 1.54) is 11.3 Å². The minimum absolute atomic E-state index is 0.0921. The van der Waals surface area contributed by atoms with Crippen molar-refractivity contribution in [2.45, 2.75) is 45.7 Å². The highest BCUT2D eigenvalue weighted by atomic mass is 32.1. The average molecular weight is 401 g/mol. The number of benzene rings is 1. The van der Waals surface area contributed by atoms with E-state index in [1.54, 1.807) is 4.90 Å². The maximum atomic E-state index is 13.4. The second-order valence-corrected chi connectivity index (χ2v) is 8.27. The number of amides is 2. The van der Waals surface area contributed by atoms with Crippen molar-refractivity contribution in [2.24, 2.45) is 0 Å². The smallest absolute Gasteiger partial charge is 0.266 e. The van der Waals surface area contributed by atoms with E-state index in [4.69, 9.17) is 9.47 Å². The van der Waals surface area contributed by atoms with E-state index >= 15 is 0 Å². The molecule has 148 valence electrons. The molecule has 2 aliphatic rings. The van der Waals surface area contributed by atoms with Crippen LogP contribution in [-0.4, -0.2) is 41.1 Å². The average Bonchev–Trinajstić information content (AvgIpc) is 3.21. The third kappa shape index (κ3) is 3.69. The van der Waals surface area contributed by atoms with Crippen LogP contribution in [0.4, 0.5) is 0 Å². The number of aryl methyl sites for hydroxylation is 2. The van der Waals surface area contributed by atoms with Gasteiger partial charge in [0.1, 0.15) is 10.9 Å². The number of nitrogens with zero attached hydrogens (tertiary/aromatic N) is 2. The molecule has 1 saturated heterocycles. The van der Waals surface area contributed by atoms with Crippen molar-refractivity contribution in [1.82, 2.24) is 15.2 Å². The second-order valence-electron chi connectivity index (χ2n) is 7.07. The van der Waals surface area contributed by atoms with Crippen LogP contribution in [0.2, 0.25) is 0 Å². The van der Waals surface area contributed by atoms with Crippen LogP contribution in [0.3, 0.4) is 0 Å². The molecule has 0 aliphatic carbocycles. The monoisotopic (exact) mass is 401 g/mol. The highest BCUT2D eigenvalue weighted by molar-refractivity contribution is 7.13. The number of hydrogen-bond acceptors (Lipinski definition) is 6. The summed E-state index contributed by atoms with van der Waals surface area (Å²) in [5.74, 6) is 1.12. The molecule has 1 unspecified atom stereocenters. The minimum Gasteiger partial charge on any atom is -0.454 e. The van der Waals surface area contributed by atoms with Crippen molar-refractivity contribution in [3.8, 4) is 11.5 Å². The van der Waals surface area contributed by atoms with Gasteiger partial charge in [0, 0.05) is 13.1 Å². The maximum Gasteiger partial charge on any atom is 0.266 e. The fourth-order valence-corrected chi connectivity index (χ4v) is 4.52. The number of carbonyl (C=O) groups is 2. The first-order chi connectivity index (χ1) is 13.5. The highest BCUT2D eigenvalue weighted by Crippen LogP contribution is 2.33. The van der Waals surface area contributed by atoms with Crippen LogP contribution in [0.15, 0.2) is 18.2 Å². The molecule has 0 radical (unpaired) electrons. The van der Waals surface area contributed by atoms with Gasteiger partial charge in [0.25, 0.3) is 5.91 Å². The van der Waals surface area contributed by atoms with Crippen LogP contribution in [0.25, 0.3) is 0 Å². The summed E-state index contributed by atoms with van der Waals surface area (Å²) >= 11 is 1.37. The fourth-order valence-electron chi connectivity index (χ4n) is 3.64. The predicted molar refractivity (Wildman–Crippen MR) is 105 cm³/mol. The Kier molecular flexibility index (Phi) is 5.21. The van der Waals surface area contributed by atoms with E-state index in [0.29, 0.717) is 41.6 Å². The summed E-state index contributed by atoms with van der Waals surface area (Å²) in [6.07, 6.45) is 2.47. The molecule has 2 aromatic rings. The van der Waals surface area contributed by atoms with Gasteiger partial charge in [-0.1, -0.05) is 6.07 Å². The lowest BCUT2D eigenvalue weighted by Crippen LogP contribution is -2.48. The predicted octanol–water partition coefficient (Wildman–Crippen LogP) is 2.80. The molecular weight excluding hydrogens is 378 g/mol. The van der Waals surface area contributed by atoms with Gasteiger partial charge in [-0.3, -0.25) is 9.59 Å². The summed E-state index contributed by atoms with van der Waals surface area (Å²) in [5, 5.41) is 3.78. The Morgan fingerprint density at radius 3 is 2.89 bits per heavy atom. The molecule has 1 atom stereocenters. The molecule has 1 aromatic heterocycles. The van der Waals surface area contributed by atoms with Gasteiger partial charge in [0.2, 0.25) is 12.7 Å². The van der Waals surface area contributed by atoms with Gasteiger partial charge in [-0.25, -0.2) is 4.98 Å². The molecule has 0 saturated carbocycles. The van der Waals surface area contributed by atoms with E-state index in [1.807, 2.05) is 32.0 Å². The largest absolute Gasteiger partial charge is 0.454 e. The molecule has 28 heavy (non-hydrogen) atoms. The number of carbonyl (C=O) groups excluding carboxylic acids is 2. The SMILES string of the molecule is Cc1nc(C)c(C(=O)N(Cc2ccc3c(c2)OCO3)C2CCCCNC2=O)s1. The summed E-state index contributed by atoms with van der Waals surface area (Å²) in [6, 6.07) is 5.13. The van der Waals surface area contributed by atoms with E-state index in [9.17, 15) is 9.59 Å². The van der Waals surface area contributed by atoms with Crippen LogP contribution in [0, 0.1) is 13.8 Å². The van der Waals surface area contributed by atoms with Crippen molar-refractivity contribution in [3.05, 3.63) is 39.3 Å².